The molecule has 3 rings (SSSR count). The summed E-state index contributed by atoms with van der Waals surface area (Å²) >= 11 is 0. The Kier molecular flexibility index (Phi) is 4.86. The van der Waals surface area contributed by atoms with Gasteiger partial charge in [0.1, 0.15) is 0 Å². The van der Waals surface area contributed by atoms with Crippen LogP contribution in [0.15, 0.2) is 30.3 Å². The Bertz CT molecular complexity index is 979. The molecule has 0 aliphatic carbocycles. The van der Waals surface area contributed by atoms with Crippen molar-refractivity contribution in [3.63, 3.8) is 0 Å². The second kappa shape index (κ2) is 6.98. The third-order valence-corrected chi connectivity index (χ3v) is 4.14. The lowest BCUT2D eigenvalue weighted by Crippen LogP contribution is -2.32. The Balaban J connectivity index is 2.13. The summed E-state index contributed by atoms with van der Waals surface area (Å²) in [7, 11) is 0. The number of aromatic nitrogens is 4. The molecular formula is C18H18F3N5O. The Labute approximate surface area is 153 Å². The quantitative estimate of drug-likeness (QED) is 0.753. The monoisotopic (exact) mass is 377 g/mol. The first-order valence-electron chi connectivity index (χ1n) is 8.42. The summed E-state index contributed by atoms with van der Waals surface area (Å²) in [6.07, 6.45) is -4.01. The number of alkyl halides is 3. The van der Waals surface area contributed by atoms with E-state index in [1.807, 2.05) is 13.8 Å². The summed E-state index contributed by atoms with van der Waals surface area (Å²) < 4.78 is 41.2. The molecule has 2 aromatic heterocycles. The van der Waals surface area contributed by atoms with Gasteiger partial charge in [0.15, 0.2) is 5.69 Å². The molecule has 1 amide bonds. The number of rotatable bonds is 4. The fourth-order valence-electron chi connectivity index (χ4n) is 2.43. The fourth-order valence-corrected chi connectivity index (χ4v) is 2.43. The van der Waals surface area contributed by atoms with Crippen LogP contribution >= 0.6 is 0 Å². The van der Waals surface area contributed by atoms with Crippen LogP contribution in [0, 0.1) is 6.92 Å². The molecule has 142 valence electrons. The van der Waals surface area contributed by atoms with E-state index in [1.165, 1.54) is 0 Å². The van der Waals surface area contributed by atoms with Gasteiger partial charge in [-0.1, -0.05) is 36.8 Å². The second-order valence-corrected chi connectivity index (χ2v) is 6.32. The van der Waals surface area contributed by atoms with E-state index in [4.69, 9.17) is 0 Å². The third kappa shape index (κ3) is 3.91. The Hall–Kier alpha value is -2.97. The van der Waals surface area contributed by atoms with Gasteiger partial charge in [-0.15, -0.1) is 5.10 Å². The van der Waals surface area contributed by atoms with Gasteiger partial charge in [-0.3, -0.25) is 4.79 Å². The highest BCUT2D eigenvalue weighted by atomic mass is 19.4. The molecule has 0 bridgehead atoms. The molecule has 1 N–H and O–H groups in total. The molecule has 0 radical (unpaired) electrons. The van der Waals surface area contributed by atoms with Crippen molar-refractivity contribution >= 4 is 11.7 Å². The van der Waals surface area contributed by atoms with Crippen LogP contribution in [-0.2, 0) is 6.18 Å². The van der Waals surface area contributed by atoms with Gasteiger partial charge in [0.25, 0.3) is 11.7 Å². The molecule has 3 aromatic rings. The lowest BCUT2D eigenvalue weighted by atomic mass is 10.1. The van der Waals surface area contributed by atoms with E-state index in [0.717, 1.165) is 11.6 Å². The van der Waals surface area contributed by atoms with Crippen LogP contribution in [0.25, 0.3) is 17.0 Å². The second-order valence-electron chi connectivity index (χ2n) is 6.32. The predicted octanol–water partition coefficient (Wildman–Crippen LogP) is 3.65. The molecule has 1 atom stereocenters. The van der Waals surface area contributed by atoms with Gasteiger partial charge in [0.2, 0.25) is 5.82 Å². The van der Waals surface area contributed by atoms with Crippen molar-refractivity contribution in [1.82, 2.24) is 24.9 Å². The SMILES string of the molecule is CC[C@@H](C)NC(=O)c1nc2nc(-c3ccc(C)cc3)cc(C(F)(F)F)n2n1. The van der Waals surface area contributed by atoms with E-state index in [9.17, 15) is 18.0 Å². The van der Waals surface area contributed by atoms with E-state index >= 15 is 0 Å². The molecular weight excluding hydrogens is 359 g/mol. The van der Waals surface area contributed by atoms with Gasteiger partial charge < -0.3 is 5.32 Å². The number of nitrogens with one attached hydrogen (secondary N) is 1. The number of nitrogens with zero attached hydrogens (tertiary/aromatic N) is 4. The van der Waals surface area contributed by atoms with E-state index < -0.39 is 17.8 Å². The molecule has 0 fully saturated rings. The first-order chi connectivity index (χ1) is 12.7. The van der Waals surface area contributed by atoms with Crippen LogP contribution in [0.1, 0.15) is 42.1 Å². The van der Waals surface area contributed by atoms with Gasteiger partial charge in [0, 0.05) is 11.6 Å². The highest BCUT2D eigenvalue weighted by Crippen LogP contribution is 2.31. The molecule has 0 saturated carbocycles. The average Bonchev–Trinajstić information content (AvgIpc) is 3.04. The number of fused-ring (bicyclic) bond motifs is 1. The summed E-state index contributed by atoms with van der Waals surface area (Å²) in [4.78, 5) is 20.2. The van der Waals surface area contributed by atoms with E-state index in [2.05, 4.69) is 20.4 Å². The zero-order valence-electron chi connectivity index (χ0n) is 15.0. The zero-order chi connectivity index (χ0) is 19.8. The highest BCUT2D eigenvalue weighted by molar-refractivity contribution is 5.91. The van der Waals surface area contributed by atoms with E-state index in [0.29, 0.717) is 16.5 Å². The van der Waals surface area contributed by atoms with Crippen molar-refractivity contribution in [2.24, 2.45) is 0 Å². The standard InChI is InChI=1S/C18H18F3N5O/c1-4-11(3)22-16(27)15-24-17-23-13(12-7-5-10(2)6-8-12)9-14(18(19,20)21)26(17)25-15/h5-9,11H,4H2,1-3H3,(H,22,27)/t11-/m1/s1. The summed E-state index contributed by atoms with van der Waals surface area (Å²) in [5.74, 6) is -1.27. The smallest absolute Gasteiger partial charge is 0.347 e. The molecule has 6 nitrogen and oxygen atoms in total. The molecule has 0 saturated heterocycles. The van der Waals surface area contributed by atoms with Crippen molar-refractivity contribution < 1.29 is 18.0 Å². The fraction of sp³-hybridized carbons (Fsp3) is 0.333. The maximum absolute atomic E-state index is 13.5. The third-order valence-electron chi connectivity index (χ3n) is 4.14. The summed E-state index contributed by atoms with van der Waals surface area (Å²) in [5.41, 5.74) is 0.554. The van der Waals surface area contributed by atoms with Crippen LogP contribution < -0.4 is 5.32 Å². The largest absolute Gasteiger partial charge is 0.433 e. The van der Waals surface area contributed by atoms with Gasteiger partial charge >= 0.3 is 6.18 Å². The average molecular weight is 377 g/mol. The first kappa shape index (κ1) is 18.8. The normalized spacial score (nSPS) is 13.0. The molecule has 2 heterocycles. The van der Waals surface area contributed by atoms with Crippen LogP contribution in [0.2, 0.25) is 0 Å². The molecule has 0 unspecified atom stereocenters. The van der Waals surface area contributed by atoms with Gasteiger partial charge in [-0.25, -0.2) is 4.98 Å². The number of carbonyl (C=O) groups is 1. The summed E-state index contributed by atoms with van der Waals surface area (Å²) in [6.45, 7) is 5.53. The molecule has 0 spiro atoms. The summed E-state index contributed by atoms with van der Waals surface area (Å²) in [5, 5.41) is 6.36. The minimum atomic E-state index is -4.68. The van der Waals surface area contributed by atoms with Crippen molar-refractivity contribution in [3.05, 3.63) is 47.4 Å². The molecule has 1 aromatic carbocycles. The number of amides is 1. The zero-order valence-corrected chi connectivity index (χ0v) is 15.0. The van der Waals surface area contributed by atoms with Gasteiger partial charge in [0.05, 0.1) is 5.69 Å². The number of carbonyl (C=O) groups excluding carboxylic acids is 1. The molecule has 9 heteroatoms. The number of halogens is 3. The minimum absolute atomic E-state index is 0.108. The molecule has 27 heavy (non-hydrogen) atoms. The van der Waals surface area contributed by atoms with Gasteiger partial charge in [-0.2, -0.15) is 22.7 Å². The maximum atomic E-state index is 13.5. The lowest BCUT2D eigenvalue weighted by molar-refractivity contribution is -0.142. The lowest BCUT2D eigenvalue weighted by Gasteiger charge is -2.10. The number of hydrogen-bond acceptors (Lipinski definition) is 4. The topological polar surface area (TPSA) is 72.2 Å². The van der Waals surface area contributed by atoms with Crippen molar-refractivity contribution in [2.75, 3.05) is 0 Å². The Morgan fingerprint density at radius 1 is 1.22 bits per heavy atom. The van der Waals surface area contributed by atoms with Crippen molar-refractivity contribution in [2.45, 2.75) is 39.4 Å². The van der Waals surface area contributed by atoms with Crippen molar-refractivity contribution in [1.29, 1.82) is 0 Å². The van der Waals surface area contributed by atoms with E-state index in [-0.39, 0.29) is 23.3 Å². The Morgan fingerprint density at radius 3 is 2.48 bits per heavy atom. The predicted molar refractivity (Wildman–Crippen MR) is 93.2 cm³/mol. The van der Waals surface area contributed by atoms with Crippen molar-refractivity contribution in [3.8, 4) is 11.3 Å². The minimum Gasteiger partial charge on any atom is -0.347 e. The Morgan fingerprint density at radius 2 is 1.89 bits per heavy atom. The summed E-state index contributed by atoms with van der Waals surface area (Å²) in [6, 6.07) is 7.68. The first-order valence-corrected chi connectivity index (χ1v) is 8.42. The maximum Gasteiger partial charge on any atom is 0.433 e. The van der Waals surface area contributed by atoms with Crippen LogP contribution in [0.5, 0.6) is 0 Å². The highest BCUT2D eigenvalue weighted by Gasteiger charge is 2.36. The van der Waals surface area contributed by atoms with Crippen LogP contribution in [-0.4, -0.2) is 31.5 Å². The van der Waals surface area contributed by atoms with Crippen LogP contribution in [0.4, 0.5) is 13.2 Å². The molecule has 0 aliphatic rings. The number of benzene rings is 1. The van der Waals surface area contributed by atoms with Crippen LogP contribution in [0.3, 0.4) is 0 Å². The van der Waals surface area contributed by atoms with Gasteiger partial charge in [-0.05, 0) is 26.3 Å². The number of hydrogen-bond donors (Lipinski definition) is 1. The molecule has 0 aliphatic heterocycles. The van der Waals surface area contributed by atoms with E-state index in [1.54, 1.807) is 31.2 Å². The number of aryl methyl sites for hydroxylation is 1.